The lowest BCUT2D eigenvalue weighted by Crippen LogP contribution is -1.90. The van der Waals surface area contributed by atoms with Gasteiger partial charge in [0.25, 0.3) is 0 Å². The highest BCUT2D eigenvalue weighted by atomic mass is 16.5. The fourth-order valence-corrected chi connectivity index (χ4v) is 1.48. The predicted octanol–water partition coefficient (Wildman–Crippen LogP) is 3.85. The first-order chi connectivity index (χ1) is 8.40. The normalized spacial score (nSPS) is 9.18. The van der Waals surface area contributed by atoms with E-state index < -0.39 is 0 Å². The highest BCUT2D eigenvalue weighted by molar-refractivity contribution is 5.39. The van der Waals surface area contributed by atoms with Gasteiger partial charge in [0, 0.05) is 10.6 Å². The molecule has 0 aromatic heterocycles. The van der Waals surface area contributed by atoms with Gasteiger partial charge in [-0.25, -0.2) is 0 Å². The molecule has 3 nitrogen and oxygen atoms in total. The minimum absolute atomic E-state index is 0.354. The Morgan fingerprint density at radius 2 is 1.71 bits per heavy atom. The largest absolute Gasteiger partial charge is 0.498 e. The molecule has 0 saturated heterocycles. The molecule has 0 heterocycles. The van der Waals surface area contributed by atoms with E-state index in [0.29, 0.717) is 6.42 Å². The van der Waals surface area contributed by atoms with Crippen molar-refractivity contribution in [3.8, 4) is 17.6 Å². The Morgan fingerprint density at radius 3 is 2.47 bits per heavy atom. The van der Waals surface area contributed by atoms with Crippen LogP contribution in [0.1, 0.15) is 5.56 Å². The van der Waals surface area contributed by atoms with Crippen LogP contribution in [-0.4, -0.2) is 0 Å². The molecule has 3 heteroatoms. The Morgan fingerprint density at radius 1 is 1.00 bits per heavy atom. The maximum Gasteiger partial charge on any atom is 0.303 e. The van der Waals surface area contributed by atoms with Crippen LogP contribution in [0.5, 0.6) is 11.5 Å². The number of nitrogens with zero attached hydrogens (tertiary/aromatic N) is 1. The molecule has 2 aromatic rings. The Hall–Kier alpha value is -2.47. The first-order valence-electron chi connectivity index (χ1n) is 5.26. The summed E-state index contributed by atoms with van der Waals surface area (Å²) in [6.07, 6.45) is 0.354. The quantitative estimate of drug-likeness (QED) is 0.744. The van der Waals surface area contributed by atoms with Gasteiger partial charge in [-0.05, 0) is 18.2 Å². The van der Waals surface area contributed by atoms with E-state index in [-0.39, 0.29) is 0 Å². The monoisotopic (exact) mass is 225 g/mol. The first-order valence-corrected chi connectivity index (χ1v) is 5.26. The van der Waals surface area contributed by atoms with Gasteiger partial charge in [-0.3, -0.25) is 0 Å². The zero-order chi connectivity index (χ0) is 11.9. The minimum Gasteiger partial charge on any atom is -0.498 e. The maximum absolute atomic E-state index is 10.0. The van der Waals surface area contributed by atoms with Gasteiger partial charge < -0.3 is 9.94 Å². The van der Waals surface area contributed by atoms with E-state index in [1.165, 1.54) is 0 Å². The molecule has 0 bridgehead atoms. The smallest absolute Gasteiger partial charge is 0.303 e. The minimum atomic E-state index is 0.354. The van der Waals surface area contributed by atoms with Gasteiger partial charge in [-0.2, -0.15) is 0 Å². The first kappa shape index (κ1) is 11.0. The van der Waals surface area contributed by atoms with E-state index in [0.717, 1.165) is 17.1 Å². The van der Waals surface area contributed by atoms with Crippen LogP contribution in [0, 0.1) is 11.3 Å². The fraction of sp³-hybridized carbons (Fsp3) is 0.0714. The van der Waals surface area contributed by atoms with Gasteiger partial charge in [0.1, 0.15) is 17.9 Å². The molecule has 0 N–H and O–H groups in total. The van der Waals surface area contributed by atoms with E-state index in [2.05, 4.69) is 11.1 Å². The maximum atomic E-state index is 10.0. The molecule has 84 valence electrons. The molecule has 0 saturated carbocycles. The van der Waals surface area contributed by atoms with Crippen LogP contribution in [0.3, 0.4) is 0 Å². The van der Waals surface area contributed by atoms with Crippen molar-refractivity contribution in [3.05, 3.63) is 70.4 Å². The predicted molar refractivity (Wildman–Crippen MR) is 67.3 cm³/mol. The van der Waals surface area contributed by atoms with Gasteiger partial charge in [0.2, 0.25) is 0 Å². The van der Waals surface area contributed by atoms with Crippen LogP contribution in [0.15, 0.2) is 54.6 Å². The average molecular weight is 225 g/mol. The molecule has 0 aliphatic rings. The topological polar surface area (TPSA) is 36.6 Å². The highest BCUT2D eigenvalue weighted by Gasteiger charge is 2.04. The second kappa shape index (κ2) is 5.57. The summed E-state index contributed by atoms with van der Waals surface area (Å²) in [5, 5.41) is 12.7. The van der Waals surface area contributed by atoms with E-state index >= 15 is 0 Å². The van der Waals surface area contributed by atoms with Crippen molar-refractivity contribution in [2.45, 2.75) is 6.42 Å². The summed E-state index contributed by atoms with van der Waals surface area (Å²) in [6.45, 7) is 0. The molecule has 0 atom stereocenters. The zero-order valence-electron chi connectivity index (χ0n) is 9.17. The summed E-state index contributed by atoms with van der Waals surface area (Å²) in [7, 11) is 0. The SMILES string of the molecule is [O-][N+]#CCc1ccccc1Oc1ccccc1. The third-order valence-electron chi connectivity index (χ3n) is 2.28. The van der Waals surface area contributed by atoms with Crippen molar-refractivity contribution >= 4 is 0 Å². The Kier molecular flexibility index (Phi) is 3.61. The second-order valence-electron chi connectivity index (χ2n) is 3.45. The lowest BCUT2D eigenvalue weighted by molar-refractivity contribution is 0.478. The fourth-order valence-electron chi connectivity index (χ4n) is 1.48. The third-order valence-corrected chi connectivity index (χ3v) is 2.28. The summed E-state index contributed by atoms with van der Waals surface area (Å²) < 4.78 is 5.72. The number of hydrogen-bond acceptors (Lipinski definition) is 2. The van der Waals surface area contributed by atoms with Gasteiger partial charge in [0.05, 0.1) is 0 Å². The second-order valence-corrected chi connectivity index (χ2v) is 3.45. The van der Waals surface area contributed by atoms with Crippen LogP contribution in [0.2, 0.25) is 0 Å². The molecule has 0 radical (unpaired) electrons. The molecule has 0 aliphatic heterocycles. The number of ether oxygens (including phenoxy) is 1. The van der Waals surface area contributed by atoms with Crippen LogP contribution in [0.4, 0.5) is 0 Å². The summed E-state index contributed by atoms with van der Waals surface area (Å²) in [4.78, 5) is 0. The Labute approximate surface area is 99.7 Å². The molecule has 0 spiro atoms. The zero-order valence-corrected chi connectivity index (χ0v) is 9.17. The molecular weight excluding hydrogens is 214 g/mol. The molecule has 0 unspecified atom stereocenters. The summed E-state index contributed by atoms with van der Waals surface area (Å²) >= 11 is 0. The van der Waals surface area contributed by atoms with Crippen LogP contribution in [-0.2, 0) is 6.42 Å². The van der Waals surface area contributed by atoms with Crippen molar-refractivity contribution in [1.82, 2.24) is 0 Å². The highest BCUT2D eigenvalue weighted by Crippen LogP contribution is 2.25. The molecule has 0 amide bonds. The summed E-state index contributed by atoms with van der Waals surface area (Å²) in [5.41, 5.74) is 0.885. The van der Waals surface area contributed by atoms with Crippen molar-refractivity contribution < 1.29 is 4.74 Å². The van der Waals surface area contributed by atoms with Gasteiger partial charge >= 0.3 is 6.07 Å². The number of hydrogen-bond donors (Lipinski definition) is 0. The molecule has 0 fully saturated rings. The van der Waals surface area contributed by atoms with E-state index in [1.54, 1.807) is 0 Å². The van der Waals surface area contributed by atoms with Crippen LogP contribution >= 0.6 is 0 Å². The molecule has 2 aromatic carbocycles. The lowest BCUT2D eigenvalue weighted by Gasteiger charge is -2.08. The molecule has 2 rings (SSSR count). The number of benzene rings is 2. The van der Waals surface area contributed by atoms with E-state index in [9.17, 15) is 5.21 Å². The molecule has 0 aliphatic carbocycles. The van der Waals surface area contributed by atoms with Crippen molar-refractivity contribution in [1.29, 1.82) is 0 Å². The Balaban J connectivity index is 2.22. The molecule has 17 heavy (non-hydrogen) atoms. The lowest BCUT2D eigenvalue weighted by atomic mass is 10.1. The third kappa shape index (κ3) is 2.99. The Bertz CT molecular complexity index is 541. The van der Waals surface area contributed by atoms with Gasteiger partial charge in [-0.15, -0.1) is 0 Å². The van der Waals surface area contributed by atoms with Crippen LogP contribution in [0.25, 0.3) is 5.01 Å². The average Bonchev–Trinajstić information content (AvgIpc) is 2.39. The van der Waals surface area contributed by atoms with Gasteiger partial charge in [0.15, 0.2) is 0 Å². The number of rotatable bonds is 3. The summed E-state index contributed by atoms with van der Waals surface area (Å²) in [5.74, 6) is 1.48. The molecular formula is C14H11NO2. The summed E-state index contributed by atoms with van der Waals surface area (Å²) in [6, 6.07) is 19.4. The number of para-hydroxylation sites is 2. The van der Waals surface area contributed by atoms with Crippen LogP contribution < -0.4 is 4.74 Å². The van der Waals surface area contributed by atoms with Crippen molar-refractivity contribution in [3.63, 3.8) is 0 Å². The van der Waals surface area contributed by atoms with Gasteiger partial charge in [-0.1, -0.05) is 36.4 Å². The standard InChI is InChI=1S/C14H11NO2/c16-15-11-10-12-6-4-5-9-14(12)17-13-7-2-1-3-8-13/h1-9H,10H2. The van der Waals surface area contributed by atoms with Crippen molar-refractivity contribution in [2.75, 3.05) is 0 Å². The van der Waals surface area contributed by atoms with Crippen molar-refractivity contribution in [2.24, 2.45) is 0 Å². The van der Waals surface area contributed by atoms with E-state index in [4.69, 9.17) is 4.74 Å². The van der Waals surface area contributed by atoms with E-state index in [1.807, 2.05) is 54.6 Å².